The Hall–Kier alpha value is -3.23. The summed E-state index contributed by atoms with van der Waals surface area (Å²) in [6, 6.07) is 8.35. The number of benzene rings is 1. The highest BCUT2D eigenvalue weighted by Gasteiger charge is 2.32. The Bertz CT molecular complexity index is 939. The number of aryl methyl sites for hydroxylation is 1. The number of rotatable bonds is 7. The van der Waals surface area contributed by atoms with Gasteiger partial charge in [-0.3, -0.25) is 4.79 Å². The number of carbonyl (C=O) groups is 1. The molecule has 166 valence electrons. The van der Waals surface area contributed by atoms with E-state index in [2.05, 4.69) is 31.9 Å². The summed E-state index contributed by atoms with van der Waals surface area (Å²) in [4.78, 5) is 24.1. The Morgan fingerprint density at radius 2 is 1.77 bits per heavy atom. The lowest BCUT2D eigenvalue weighted by molar-refractivity contribution is -0.142. The van der Waals surface area contributed by atoms with E-state index in [1.54, 1.807) is 0 Å². The van der Waals surface area contributed by atoms with Crippen LogP contribution >= 0.6 is 0 Å². The highest BCUT2D eigenvalue weighted by atomic mass is 16.5. The Morgan fingerprint density at radius 3 is 2.39 bits per heavy atom. The van der Waals surface area contributed by atoms with Crippen LogP contribution in [0, 0.1) is 11.8 Å². The number of para-hydroxylation sites is 2. The van der Waals surface area contributed by atoms with Crippen molar-refractivity contribution in [2.24, 2.45) is 11.8 Å². The first-order valence-corrected chi connectivity index (χ1v) is 10.8. The number of hydrogen-bond acceptors (Lipinski definition) is 8. The van der Waals surface area contributed by atoms with E-state index >= 15 is 0 Å². The molecule has 0 atom stereocenters. The molecule has 4 rings (SSSR count). The molecule has 2 aliphatic heterocycles. The summed E-state index contributed by atoms with van der Waals surface area (Å²) in [5, 5.41) is 9.25. The van der Waals surface area contributed by atoms with Crippen LogP contribution in [-0.2, 0) is 11.2 Å². The number of nitrogens with two attached hydrogens (primary N) is 2. The van der Waals surface area contributed by atoms with Crippen LogP contribution in [0.2, 0.25) is 0 Å². The third-order valence-corrected chi connectivity index (χ3v) is 6.14. The normalized spacial score (nSPS) is 17.5. The summed E-state index contributed by atoms with van der Waals surface area (Å²) in [6.45, 7) is 5.84. The van der Waals surface area contributed by atoms with E-state index in [1.165, 1.54) is 11.4 Å². The molecule has 0 aliphatic carbocycles. The molecular formula is C22H30N6O3. The number of aliphatic carboxylic acids is 1. The summed E-state index contributed by atoms with van der Waals surface area (Å²) in [5.41, 5.74) is 14.8. The molecule has 1 aromatic heterocycles. The number of aromatic nitrogens is 2. The Morgan fingerprint density at radius 1 is 1.13 bits per heavy atom. The van der Waals surface area contributed by atoms with Crippen LogP contribution in [-0.4, -0.2) is 53.8 Å². The van der Waals surface area contributed by atoms with Gasteiger partial charge < -0.3 is 31.1 Å². The van der Waals surface area contributed by atoms with Gasteiger partial charge in [0.15, 0.2) is 11.6 Å². The lowest BCUT2D eigenvalue weighted by Gasteiger charge is -2.43. The summed E-state index contributed by atoms with van der Waals surface area (Å²) >= 11 is 0. The largest absolute Gasteiger partial charge is 0.487 e. The molecule has 5 N–H and O–H groups in total. The Labute approximate surface area is 182 Å². The minimum absolute atomic E-state index is 0.167. The first-order valence-electron chi connectivity index (χ1n) is 10.8. The SMILES string of the molecule is CCc1nc(N)nc(N)c1OCC1CN(c2ccccc2N2CCC(C(=O)O)CC2)C1. The fourth-order valence-corrected chi connectivity index (χ4v) is 4.37. The second-order valence-electron chi connectivity index (χ2n) is 8.27. The van der Waals surface area contributed by atoms with Crippen LogP contribution in [0.1, 0.15) is 25.5 Å². The molecule has 9 heteroatoms. The van der Waals surface area contributed by atoms with Gasteiger partial charge in [-0.1, -0.05) is 19.1 Å². The Balaban J connectivity index is 1.36. The summed E-state index contributed by atoms with van der Waals surface area (Å²) < 4.78 is 5.98. The zero-order chi connectivity index (χ0) is 22.0. The van der Waals surface area contributed by atoms with E-state index in [-0.39, 0.29) is 17.7 Å². The third-order valence-electron chi connectivity index (χ3n) is 6.14. The molecule has 1 aromatic carbocycles. The number of nitrogens with zero attached hydrogens (tertiary/aromatic N) is 4. The molecule has 2 fully saturated rings. The molecule has 0 radical (unpaired) electrons. The standard InChI is InChI=1S/C22H30N6O3/c1-2-16-19(20(23)26-22(24)25-16)31-13-14-11-28(12-14)18-6-4-3-5-17(18)27-9-7-15(8-10-27)21(29)30/h3-6,14-15H,2,7-13H2,1H3,(H,29,30)(H4,23,24,25,26). The van der Waals surface area contributed by atoms with Crippen LogP contribution in [0.3, 0.4) is 0 Å². The molecule has 3 heterocycles. The van der Waals surface area contributed by atoms with Crippen molar-refractivity contribution in [1.29, 1.82) is 0 Å². The van der Waals surface area contributed by atoms with Gasteiger partial charge in [-0.25, -0.2) is 4.98 Å². The number of carboxylic acids is 1. The maximum absolute atomic E-state index is 11.2. The van der Waals surface area contributed by atoms with Crippen molar-refractivity contribution in [1.82, 2.24) is 9.97 Å². The van der Waals surface area contributed by atoms with Gasteiger partial charge in [-0.2, -0.15) is 4.98 Å². The molecule has 2 aromatic rings. The van der Waals surface area contributed by atoms with Gasteiger partial charge in [-0.15, -0.1) is 0 Å². The van der Waals surface area contributed by atoms with Gasteiger partial charge >= 0.3 is 5.97 Å². The van der Waals surface area contributed by atoms with Crippen LogP contribution in [0.15, 0.2) is 24.3 Å². The Kier molecular flexibility index (Phi) is 6.01. The molecule has 0 unspecified atom stereocenters. The minimum atomic E-state index is -0.683. The molecule has 9 nitrogen and oxygen atoms in total. The monoisotopic (exact) mass is 426 g/mol. The fraction of sp³-hybridized carbons (Fsp3) is 0.500. The van der Waals surface area contributed by atoms with Gasteiger partial charge in [-0.05, 0) is 31.4 Å². The van der Waals surface area contributed by atoms with Gasteiger partial charge in [0, 0.05) is 32.1 Å². The van der Waals surface area contributed by atoms with Crippen molar-refractivity contribution in [2.75, 3.05) is 54.1 Å². The quantitative estimate of drug-likeness (QED) is 0.608. The number of carboxylic acid groups (broad SMARTS) is 1. The highest BCUT2D eigenvalue weighted by Crippen LogP contribution is 2.36. The number of nitrogen functional groups attached to an aromatic ring is 2. The summed E-state index contributed by atoms with van der Waals surface area (Å²) in [6.07, 6.45) is 2.05. The predicted octanol–water partition coefficient (Wildman–Crippen LogP) is 2.02. The molecule has 2 aliphatic rings. The molecule has 0 spiro atoms. The molecule has 2 saturated heterocycles. The lowest BCUT2D eigenvalue weighted by atomic mass is 9.95. The van der Waals surface area contributed by atoms with E-state index in [4.69, 9.17) is 16.2 Å². The second kappa shape index (κ2) is 8.87. The maximum Gasteiger partial charge on any atom is 0.306 e. The zero-order valence-electron chi connectivity index (χ0n) is 17.8. The van der Waals surface area contributed by atoms with Gasteiger partial charge in [0.05, 0.1) is 29.6 Å². The predicted molar refractivity (Wildman–Crippen MR) is 120 cm³/mol. The van der Waals surface area contributed by atoms with Crippen LogP contribution in [0.5, 0.6) is 5.75 Å². The van der Waals surface area contributed by atoms with E-state index in [0.29, 0.717) is 37.5 Å². The van der Waals surface area contributed by atoms with E-state index < -0.39 is 5.97 Å². The number of ether oxygens (including phenoxy) is 1. The summed E-state index contributed by atoms with van der Waals surface area (Å²) in [7, 11) is 0. The number of anilines is 4. The second-order valence-corrected chi connectivity index (χ2v) is 8.27. The van der Waals surface area contributed by atoms with Crippen molar-refractivity contribution in [3.05, 3.63) is 30.0 Å². The molecular weight excluding hydrogens is 396 g/mol. The zero-order valence-corrected chi connectivity index (χ0v) is 17.8. The van der Waals surface area contributed by atoms with Gasteiger partial charge in [0.25, 0.3) is 0 Å². The summed E-state index contributed by atoms with van der Waals surface area (Å²) in [5.74, 6) is 0.462. The molecule has 0 bridgehead atoms. The first-order chi connectivity index (χ1) is 15.0. The fourth-order valence-electron chi connectivity index (χ4n) is 4.37. The van der Waals surface area contributed by atoms with Crippen molar-refractivity contribution in [3.8, 4) is 5.75 Å². The van der Waals surface area contributed by atoms with Crippen molar-refractivity contribution < 1.29 is 14.6 Å². The van der Waals surface area contributed by atoms with Crippen LogP contribution < -0.4 is 26.0 Å². The average molecular weight is 427 g/mol. The topological polar surface area (TPSA) is 131 Å². The maximum atomic E-state index is 11.2. The van der Waals surface area contributed by atoms with Gasteiger partial charge in [0.1, 0.15) is 0 Å². The molecule has 0 saturated carbocycles. The lowest BCUT2D eigenvalue weighted by Crippen LogP contribution is -2.50. The van der Waals surface area contributed by atoms with E-state index in [0.717, 1.165) is 31.9 Å². The minimum Gasteiger partial charge on any atom is -0.487 e. The van der Waals surface area contributed by atoms with Crippen molar-refractivity contribution in [3.63, 3.8) is 0 Å². The van der Waals surface area contributed by atoms with E-state index in [9.17, 15) is 9.90 Å². The van der Waals surface area contributed by atoms with E-state index in [1.807, 2.05) is 19.1 Å². The third kappa shape index (κ3) is 4.45. The number of hydrogen-bond donors (Lipinski definition) is 3. The number of piperidine rings is 1. The highest BCUT2D eigenvalue weighted by molar-refractivity contribution is 5.74. The van der Waals surface area contributed by atoms with Crippen molar-refractivity contribution in [2.45, 2.75) is 26.2 Å². The van der Waals surface area contributed by atoms with Crippen molar-refractivity contribution >= 4 is 29.1 Å². The smallest absolute Gasteiger partial charge is 0.306 e. The van der Waals surface area contributed by atoms with Crippen LogP contribution in [0.4, 0.5) is 23.1 Å². The molecule has 31 heavy (non-hydrogen) atoms. The van der Waals surface area contributed by atoms with Crippen LogP contribution in [0.25, 0.3) is 0 Å². The first kappa shape index (κ1) is 21.0. The van der Waals surface area contributed by atoms with Gasteiger partial charge in [0.2, 0.25) is 5.95 Å². The molecule has 0 amide bonds. The average Bonchev–Trinajstić information content (AvgIpc) is 2.73.